The van der Waals surface area contributed by atoms with Crippen LogP contribution in [-0.2, 0) is 0 Å². The number of anilines is 1. The first-order valence-electron chi connectivity index (χ1n) is 5.93. The third-order valence-corrected chi connectivity index (χ3v) is 2.98. The summed E-state index contributed by atoms with van der Waals surface area (Å²) >= 11 is 5.92. The molecule has 0 saturated carbocycles. The van der Waals surface area contributed by atoms with Crippen LogP contribution in [0.15, 0.2) is 42.5 Å². The van der Waals surface area contributed by atoms with Gasteiger partial charge in [-0.05, 0) is 36.4 Å². The number of ether oxygens (including phenoxy) is 2. The highest BCUT2D eigenvalue weighted by Gasteiger charge is 2.11. The topological polar surface area (TPSA) is 47.6 Å². The zero-order chi connectivity index (χ0) is 14.5. The van der Waals surface area contributed by atoms with Gasteiger partial charge in [0, 0.05) is 10.6 Å². The van der Waals surface area contributed by atoms with Crippen molar-refractivity contribution >= 4 is 23.2 Å². The molecule has 0 bridgehead atoms. The van der Waals surface area contributed by atoms with E-state index in [1.807, 2.05) is 0 Å². The van der Waals surface area contributed by atoms with Gasteiger partial charge < -0.3 is 14.8 Å². The predicted molar refractivity (Wildman–Crippen MR) is 79.0 cm³/mol. The zero-order valence-electron chi connectivity index (χ0n) is 11.1. The molecule has 0 radical (unpaired) electrons. The first-order valence-corrected chi connectivity index (χ1v) is 6.31. The number of hydrogen-bond donors (Lipinski definition) is 1. The maximum absolute atomic E-state index is 12.2. The van der Waals surface area contributed by atoms with E-state index >= 15 is 0 Å². The maximum atomic E-state index is 12.2. The van der Waals surface area contributed by atoms with Crippen LogP contribution < -0.4 is 14.8 Å². The number of halogens is 1. The molecule has 2 rings (SSSR count). The average molecular weight is 292 g/mol. The Kier molecular flexibility index (Phi) is 4.48. The van der Waals surface area contributed by atoms with Crippen molar-refractivity contribution in [3.8, 4) is 11.5 Å². The minimum atomic E-state index is -0.260. The van der Waals surface area contributed by atoms with Crippen molar-refractivity contribution in [1.29, 1.82) is 0 Å². The molecule has 1 N–H and O–H groups in total. The highest BCUT2D eigenvalue weighted by atomic mass is 35.5. The van der Waals surface area contributed by atoms with E-state index in [1.54, 1.807) is 49.6 Å². The van der Waals surface area contributed by atoms with E-state index in [4.69, 9.17) is 21.1 Å². The Bertz CT molecular complexity index is 628. The summed E-state index contributed by atoms with van der Waals surface area (Å²) in [5.74, 6) is 0.908. The molecule has 2 aromatic carbocycles. The van der Waals surface area contributed by atoms with Gasteiger partial charge in [0.2, 0.25) is 0 Å². The van der Waals surface area contributed by atoms with Crippen LogP contribution in [-0.4, -0.2) is 20.1 Å². The Balaban J connectivity index is 2.25. The number of carbonyl (C=O) groups excluding carboxylic acids is 1. The monoisotopic (exact) mass is 291 g/mol. The van der Waals surface area contributed by atoms with Crippen molar-refractivity contribution in [3.63, 3.8) is 0 Å². The highest BCUT2D eigenvalue weighted by Crippen LogP contribution is 2.28. The Hall–Kier alpha value is -2.20. The molecule has 1 amide bonds. The Labute approximate surface area is 122 Å². The van der Waals surface area contributed by atoms with Crippen LogP contribution in [0.5, 0.6) is 11.5 Å². The van der Waals surface area contributed by atoms with Gasteiger partial charge in [-0.25, -0.2) is 0 Å². The molecule has 0 aliphatic heterocycles. The summed E-state index contributed by atoms with van der Waals surface area (Å²) in [5, 5.41) is 3.29. The number of amides is 1. The van der Waals surface area contributed by atoms with Crippen LogP contribution in [0.2, 0.25) is 5.02 Å². The van der Waals surface area contributed by atoms with Crippen molar-refractivity contribution in [2.75, 3.05) is 19.5 Å². The normalized spacial score (nSPS) is 9.95. The van der Waals surface area contributed by atoms with E-state index in [9.17, 15) is 4.79 Å². The lowest BCUT2D eigenvalue weighted by molar-refractivity contribution is 0.102. The summed E-state index contributed by atoms with van der Waals surface area (Å²) < 4.78 is 10.3. The SMILES string of the molecule is COc1cccc(C(=O)Nc2cc(Cl)ccc2OC)c1. The summed E-state index contributed by atoms with van der Waals surface area (Å²) in [6, 6.07) is 11.9. The van der Waals surface area contributed by atoms with Crippen LogP contribution in [0, 0.1) is 0 Å². The first-order chi connectivity index (χ1) is 9.63. The largest absolute Gasteiger partial charge is 0.497 e. The van der Waals surface area contributed by atoms with Crippen LogP contribution in [0.1, 0.15) is 10.4 Å². The molecular formula is C15H14ClNO3. The van der Waals surface area contributed by atoms with Crippen LogP contribution in [0.25, 0.3) is 0 Å². The van der Waals surface area contributed by atoms with Crippen LogP contribution >= 0.6 is 11.6 Å². The van der Waals surface area contributed by atoms with E-state index in [-0.39, 0.29) is 5.91 Å². The molecular weight excluding hydrogens is 278 g/mol. The summed E-state index contributed by atoms with van der Waals surface area (Å²) in [6.07, 6.45) is 0. The molecule has 0 unspecified atom stereocenters. The third-order valence-electron chi connectivity index (χ3n) is 2.74. The molecule has 0 heterocycles. The van der Waals surface area contributed by atoms with Gasteiger partial charge in [0.25, 0.3) is 5.91 Å². The number of benzene rings is 2. The second-order valence-corrected chi connectivity index (χ2v) is 4.47. The predicted octanol–water partition coefficient (Wildman–Crippen LogP) is 3.61. The Morgan fingerprint density at radius 3 is 2.60 bits per heavy atom. The van der Waals surface area contributed by atoms with Gasteiger partial charge >= 0.3 is 0 Å². The number of rotatable bonds is 4. The molecule has 0 aliphatic carbocycles. The van der Waals surface area contributed by atoms with E-state index in [0.717, 1.165) is 0 Å². The fourth-order valence-corrected chi connectivity index (χ4v) is 1.91. The van der Waals surface area contributed by atoms with Gasteiger partial charge in [0.1, 0.15) is 11.5 Å². The molecule has 0 atom stereocenters. The minimum absolute atomic E-state index is 0.260. The van der Waals surface area contributed by atoms with Gasteiger partial charge in [-0.2, -0.15) is 0 Å². The van der Waals surface area contributed by atoms with E-state index in [1.165, 1.54) is 7.11 Å². The number of methoxy groups -OCH3 is 2. The molecule has 104 valence electrons. The number of hydrogen-bond acceptors (Lipinski definition) is 3. The first kappa shape index (κ1) is 14.2. The molecule has 2 aromatic rings. The second-order valence-electron chi connectivity index (χ2n) is 4.03. The van der Waals surface area contributed by atoms with E-state index in [0.29, 0.717) is 27.8 Å². The lowest BCUT2D eigenvalue weighted by Gasteiger charge is -2.11. The lowest BCUT2D eigenvalue weighted by atomic mass is 10.2. The second kappa shape index (κ2) is 6.30. The van der Waals surface area contributed by atoms with Gasteiger partial charge in [-0.1, -0.05) is 17.7 Å². The summed E-state index contributed by atoms with van der Waals surface area (Å²) in [4.78, 5) is 12.2. The van der Waals surface area contributed by atoms with Crippen LogP contribution in [0.3, 0.4) is 0 Å². The molecule has 5 heteroatoms. The van der Waals surface area contributed by atoms with Gasteiger partial charge in [-0.3, -0.25) is 4.79 Å². The quantitative estimate of drug-likeness (QED) is 0.936. The molecule has 0 fully saturated rings. The molecule has 0 aromatic heterocycles. The molecule has 0 aliphatic rings. The van der Waals surface area contributed by atoms with Crippen molar-refractivity contribution in [2.45, 2.75) is 0 Å². The highest BCUT2D eigenvalue weighted by molar-refractivity contribution is 6.31. The van der Waals surface area contributed by atoms with Crippen molar-refractivity contribution in [1.82, 2.24) is 0 Å². The zero-order valence-corrected chi connectivity index (χ0v) is 11.9. The van der Waals surface area contributed by atoms with Gasteiger partial charge in [0.05, 0.1) is 19.9 Å². The molecule has 0 saturated heterocycles. The standard InChI is InChI=1S/C15H14ClNO3/c1-19-12-5-3-4-10(8-12)15(18)17-13-9-11(16)6-7-14(13)20-2/h3-9H,1-2H3,(H,17,18). The molecule has 4 nitrogen and oxygen atoms in total. The smallest absolute Gasteiger partial charge is 0.255 e. The third kappa shape index (κ3) is 3.22. The molecule has 0 spiro atoms. The maximum Gasteiger partial charge on any atom is 0.255 e. The number of carbonyl (C=O) groups is 1. The van der Waals surface area contributed by atoms with Crippen molar-refractivity contribution in [2.24, 2.45) is 0 Å². The Morgan fingerprint density at radius 1 is 1.10 bits per heavy atom. The van der Waals surface area contributed by atoms with Gasteiger partial charge in [-0.15, -0.1) is 0 Å². The van der Waals surface area contributed by atoms with E-state index < -0.39 is 0 Å². The van der Waals surface area contributed by atoms with Crippen molar-refractivity contribution < 1.29 is 14.3 Å². The Morgan fingerprint density at radius 2 is 1.90 bits per heavy atom. The van der Waals surface area contributed by atoms with Crippen LogP contribution in [0.4, 0.5) is 5.69 Å². The van der Waals surface area contributed by atoms with Gasteiger partial charge in [0.15, 0.2) is 0 Å². The average Bonchev–Trinajstić information content (AvgIpc) is 2.47. The fourth-order valence-electron chi connectivity index (χ4n) is 1.74. The summed E-state index contributed by atoms with van der Waals surface area (Å²) in [6.45, 7) is 0. The minimum Gasteiger partial charge on any atom is -0.497 e. The summed E-state index contributed by atoms with van der Waals surface area (Å²) in [7, 11) is 3.08. The fraction of sp³-hybridized carbons (Fsp3) is 0.133. The summed E-state index contributed by atoms with van der Waals surface area (Å²) in [5.41, 5.74) is 1.01. The molecule has 20 heavy (non-hydrogen) atoms. The number of nitrogens with one attached hydrogen (secondary N) is 1. The van der Waals surface area contributed by atoms with E-state index in [2.05, 4.69) is 5.32 Å². The lowest BCUT2D eigenvalue weighted by Crippen LogP contribution is -2.12. The van der Waals surface area contributed by atoms with Crippen molar-refractivity contribution in [3.05, 3.63) is 53.1 Å².